The SMILES string of the molecule is Brc1ccccc1-c1cncn1CC1COCCN1. The molecule has 2 heterocycles. The molecule has 1 aliphatic rings. The molecule has 1 aliphatic heterocycles. The lowest BCUT2D eigenvalue weighted by Gasteiger charge is -2.24. The van der Waals surface area contributed by atoms with Crippen molar-refractivity contribution in [2.45, 2.75) is 12.6 Å². The molecule has 0 bridgehead atoms. The van der Waals surface area contributed by atoms with Crippen molar-refractivity contribution in [3.8, 4) is 11.3 Å². The second-order valence-electron chi connectivity index (χ2n) is 4.64. The zero-order valence-electron chi connectivity index (χ0n) is 10.6. The summed E-state index contributed by atoms with van der Waals surface area (Å²) in [6.07, 6.45) is 3.79. The van der Waals surface area contributed by atoms with Crippen LogP contribution in [-0.2, 0) is 11.3 Å². The fraction of sp³-hybridized carbons (Fsp3) is 0.357. The Morgan fingerprint density at radius 1 is 1.42 bits per heavy atom. The molecule has 4 nitrogen and oxygen atoms in total. The number of halogens is 1. The minimum atomic E-state index is 0.351. The summed E-state index contributed by atoms with van der Waals surface area (Å²) in [4.78, 5) is 4.28. The van der Waals surface area contributed by atoms with Gasteiger partial charge in [-0.1, -0.05) is 34.1 Å². The molecule has 1 atom stereocenters. The lowest BCUT2D eigenvalue weighted by Crippen LogP contribution is -2.43. The highest BCUT2D eigenvalue weighted by Crippen LogP contribution is 2.27. The van der Waals surface area contributed by atoms with E-state index in [1.165, 1.54) is 0 Å². The first-order valence-electron chi connectivity index (χ1n) is 6.41. The molecule has 1 saturated heterocycles. The van der Waals surface area contributed by atoms with Crippen molar-refractivity contribution in [2.75, 3.05) is 19.8 Å². The quantitative estimate of drug-likeness (QED) is 0.942. The Morgan fingerprint density at radius 2 is 2.32 bits per heavy atom. The van der Waals surface area contributed by atoms with Crippen molar-refractivity contribution in [3.05, 3.63) is 41.3 Å². The minimum absolute atomic E-state index is 0.351. The highest BCUT2D eigenvalue weighted by molar-refractivity contribution is 9.10. The lowest BCUT2D eigenvalue weighted by molar-refractivity contribution is 0.0715. The van der Waals surface area contributed by atoms with Crippen molar-refractivity contribution in [3.63, 3.8) is 0 Å². The molecule has 100 valence electrons. The van der Waals surface area contributed by atoms with Crippen LogP contribution < -0.4 is 5.32 Å². The van der Waals surface area contributed by atoms with Gasteiger partial charge in [0.2, 0.25) is 0 Å². The topological polar surface area (TPSA) is 39.1 Å². The standard InChI is InChI=1S/C14H16BrN3O/c15-13-4-2-1-3-12(13)14-7-16-10-18(14)8-11-9-19-6-5-17-11/h1-4,7,10-11,17H,5-6,8-9H2. The Kier molecular flexibility index (Phi) is 3.96. The van der Waals surface area contributed by atoms with Crippen LogP contribution in [0.1, 0.15) is 0 Å². The Hall–Kier alpha value is -1.17. The summed E-state index contributed by atoms with van der Waals surface area (Å²) in [5, 5.41) is 3.47. The van der Waals surface area contributed by atoms with E-state index in [0.29, 0.717) is 6.04 Å². The van der Waals surface area contributed by atoms with Gasteiger partial charge in [0.05, 0.1) is 31.4 Å². The normalized spacial score (nSPS) is 19.5. The molecule has 5 heteroatoms. The third-order valence-corrected chi connectivity index (χ3v) is 3.97. The number of nitrogens with zero attached hydrogens (tertiary/aromatic N) is 2. The predicted octanol–water partition coefficient (Wildman–Crippen LogP) is 2.30. The number of nitrogens with one attached hydrogen (secondary N) is 1. The number of benzene rings is 1. The molecular weight excluding hydrogens is 306 g/mol. The Balaban J connectivity index is 1.84. The first kappa shape index (κ1) is 12.8. The Bertz CT molecular complexity index is 549. The highest BCUT2D eigenvalue weighted by atomic mass is 79.9. The zero-order chi connectivity index (χ0) is 13.1. The fourth-order valence-corrected chi connectivity index (χ4v) is 2.82. The van der Waals surface area contributed by atoms with Gasteiger partial charge in [0.25, 0.3) is 0 Å². The molecule has 0 radical (unpaired) electrons. The van der Waals surface area contributed by atoms with Gasteiger partial charge >= 0.3 is 0 Å². The van der Waals surface area contributed by atoms with Crippen LogP contribution in [0, 0.1) is 0 Å². The Labute approximate surface area is 120 Å². The molecule has 2 aromatic rings. The van der Waals surface area contributed by atoms with E-state index in [1.54, 1.807) is 0 Å². The first-order chi connectivity index (χ1) is 9.34. The number of hydrogen-bond acceptors (Lipinski definition) is 3. The van der Waals surface area contributed by atoms with E-state index in [9.17, 15) is 0 Å². The number of rotatable bonds is 3. The number of morpholine rings is 1. The van der Waals surface area contributed by atoms with Crippen LogP contribution in [0.4, 0.5) is 0 Å². The van der Waals surface area contributed by atoms with Crippen LogP contribution in [-0.4, -0.2) is 35.4 Å². The second-order valence-corrected chi connectivity index (χ2v) is 5.49. The van der Waals surface area contributed by atoms with Crippen LogP contribution in [0.25, 0.3) is 11.3 Å². The lowest BCUT2D eigenvalue weighted by atomic mass is 10.1. The monoisotopic (exact) mass is 321 g/mol. The van der Waals surface area contributed by atoms with Crippen molar-refractivity contribution < 1.29 is 4.74 Å². The molecule has 1 N–H and O–H groups in total. The molecule has 1 aromatic heterocycles. The van der Waals surface area contributed by atoms with Crippen LogP contribution in [0.5, 0.6) is 0 Å². The summed E-state index contributed by atoms with van der Waals surface area (Å²) in [7, 11) is 0. The Morgan fingerprint density at radius 3 is 3.11 bits per heavy atom. The largest absolute Gasteiger partial charge is 0.378 e. The van der Waals surface area contributed by atoms with E-state index in [2.05, 4.69) is 42.9 Å². The molecule has 1 unspecified atom stereocenters. The van der Waals surface area contributed by atoms with Crippen molar-refractivity contribution in [1.82, 2.24) is 14.9 Å². The number of aromatic nitrogens is 2. The van der Waals surface area contributed by atoms with Gasteiger partial charge in [-0.25, -0.2) is 4.98 Å². The fourth-order valence-electron chi connectivity index (χ4n) is 2.33. The van der Waals surface area contributed by atoms with Gasteiger partial charge in [-0.15, -0.1) is 0 Å². The van der Waals surface area contributed by atoms with E-state index in [-0.39, 0.29) is 0 Å². The molecule has 0 amide bonds. The molecule has 0 saturated carbocycles. The third kappa shape index (κ3) is 2.88. The van der Waals surface area contributed by atoms with Gasteiger partial charge < -0.3 is 14.6 Å². The van der Waals surface area contributed by atoms with Gasteiger partial charge in [0.15, 0.2) is 0 Å². The van der Waals surface area contributed by atoms with Crippen LogP contribution in [0.3, 0.4) is 0 Å². The maximum Gasteiger partial charge on any atom is 0.0951 e. The van der Waals surface area contributed by atoms with E-state index in [0.717, 1.165) is 42.0 Å². The molecule has 1 aromatic carbocycles. The molecule has 19 heavy (non-hydrogen) atoms. The summed E-state index contributed by atoms with van der Waals surface area (Å²) < 4.78 is 8.76. The number of ether oxygens (including phenoxy) is 1. The van der Waals surface area contributed by atoms with Crippen molar-refractivity contribution in [2.24, 2.45) is 0 Å². The van der Waals surface area contributed by atoms with Crippen molar-refractivity contribution in [1.29, 1.82) is 0 Å². The molecule has 0 spiro atoms. The second kappa shape index (κ2) is 5.86. The van der Waals surface area contributed by atoms with E-state index in [1.807, 2.05) is 24.7 Å². The predicted molar refractivity (Wildman–Crippen MR) is 78.0 cm³/mol. The van der Waals surface area contributed by atoms with Gasteiger partial charge in [-0.3, -0.25) is 0 Å². The summed E-state index contributed by atoms with van der Waals surface area (Å²) in [5.74, 6) is 0. The van der Waals surface area contributed by atoms with Gasteiger partial charge in [0, 0.05) is 29.2 Å². The maximum atomic E-state index is 5.49. The summed E-state index contributed by atoms with van der Waals surface area (Å²) in [5.41, 5.74) is 2.29. The zero-order valence-corrected chi connectivity index (χ0v) is 12.1. The van der Waals surface area contributed by atoms with Gasteiger partial charge in [0.1, 0.15) is 0 Å². The molecule has 0 aliphatic carbocycles. The van der Waals surface area contributed by atoms with Gasteiger partial charge in [-0.2, -0.15) is 0 Å². The first-order valence-corrected chi connectivity index (χ1v) is 7.20. The van der Waals surface area contributed by atoms with Crippen LogP contribution >= 0.6 is 15.9 Å². The summed E-state index contributed by atoms with van der Waals surface area (Å²) in [6, 6.07) is 8.56. The summed E-state index contributed by atoms with van der Waals surface area (Å²) >= 11 is 3.60. The van der Waals surface area contributed by atoms with E-state index < -0.39 is 0 Å². The number of hydrogen-bond donors (Lipinski definition) is 1. The van der Waals surface area contributed by atoms with E-state index in [4.69, 9.17) is 4.74 Å². The minimum Gasteiger partial charge on any atom is -0.378 e. The highest BCUT2D eigenvalue weighted by Gasteiger charge is 2.16. The average Bonchev–Trinajstić information content (AvgIpc) is 2.88. The average molecular weight is 322 g/mol. The van der Waals surface area contributed by atoms with Gasteiger partial charge in [-0.05, 0) is 6.07 Å². The summed E-state index contributed by atoms with van der Waals surface area (Å²) in [6.45, 7) is 3.35. The third-order valence-electron chi connectivity index (χ3n) is 3.28. The molecular formula is C14H16BrN3O. The smallest absolute Gasteiger partial charge is 0.0951 e. The molecule has 3 rings (SSSR count). The van der Waals surface area contributed by atoms with Crippen molar-refractivity contribution >= 4 is 15.9 Å². The van der Waals surface area contributed by atoms with Crippen LogP contribution in [0.15, 0.2) is 41.3 Å². The van der Waals surface area contributed by atoms with E-state index >= 15 is 0 Å². The number of imidazole rings is 1. The van der Waals surface area contributed by atoms with Crippen LogP contribution in [0.2, 0.25) is 0 Å². The molecule has 1 fully saturated rings. The maximum absolute atomic E-state index is 5.49.